The maximum atomic E-state index is 13.9. The molecule has 2 N–H and O–H groups in total. The summed E-state index contributed by atoms with van der Waals surface area (Å²) in [5.74, 6) is -0.172. The van der Waals surface area contributed by atoms with Crippen LogP contribution >= 0.6 is 0 Å². The second-order valence-corrected chi connectivity index (χ2v) is 4.65. The number of morpholine rings is 1. The van der Waals surface area contributed by atoms with Crippen molar-refractivity contribution in [1.29, 1.82) is 0 Å². The summed E-state index contributed by atoms with van der Waals surface area (Å²) in [6, 6.07) is 7.17. The van der Waals surface area contributed by atoms with Crippen molar-refractivity contribution in [3.05, 3.63) is 35.6 Å². The molecule has 0 aromatic heterocycles. The highest BCUT2D eigenvalue weighted by Gasteiger charge is 2.29. The van der Waals surface area contributed by atoms with Gasteiger partial charge in [0.05, 0.1) is 19.3 Å². The second kappa shape index (κ2) is 6.27. The molecule has 18 heavy (non-hydrogen) atoms. The number of hydrogen-bond acceptors (Lipinski definition) is 3. The zero-order valence-electron chi connectivity index (χ0n) is 10.8. The Kier molecular flexibility index (Phi) is 4.69. The Morgan fingerprint density at radius 2 is 2.28 bits per heavy atom. The van der Waals surface area contributed by atoms with Gasteiger partial charge < -0.3 is 10.5 Å². The van der Waals surface area contributed by atoms with Gasteiger partial charge in [-0.3, -0.25) is 4.90 Å². The van der Waals surface area contributed by atoms with Crippen molar-refractivity contribution >= 4 is 0 Å². The predicted molar refractivity (Wildman–Crippen MR) is 69.8 cm³/mol. The molecule has 0 spiro atoms. The number of rotatable bonds is 4. The molecule has 1 aliphatic heterocycles. The van der Waals surface area contributed by atoms with Gasteiger partial charge in [0, 0.05) is 24.7 Å². The van der Waals surface area contributed by atoms with Gasteiger partial charge in [0.1, 0.15) is 5.82 Å². The minimum Gasteiger partial charge on any atom is -0.378 e. The second-order valence-electron chi connectivity index (χ2n) is 4.65. The Hall–Kier alpha value is -0.970. The zero-order chi connectivity index (χ0) is 13.0. The molecule has 0 aliphatic carbocycles. The number of ether oxygens (including phenoxy) is 1. The van der Waals surface area contributed by atoms with Crippen molar-refractivity contribution in [3.8, 4) is 0 Å². The Labute approximate surface area is 108 Å². The molecule has 0 radical (unpaired) electrons. The van der Waals surface area contributed by atoms with E-state index in [4.69, 9.17) is 10.5 Å². The fourth-order valence-electron chi connectivity index (χ4n) is 2.62. The maximum Gasteiger partial charge on any atom is 0.128 e. The zero-order valence-corrected chi connectivity index (χ0v) is 10.8. The van der Waals surface area contributed by atoms with E-state index in [2.05, 4.69) is 11.8 Å². The van der Waals surface area contributed by atoms with Gasteiger partial charge in [-0.05, 0) is 12.5 Å². The smallest absolute Gasteiger partial charge is 0.128 e. The van der Waals surface area contributed by atoms with Crippen LogP contribution in [0.25, 0.3) is 0 Å². The molecular weight excluding hydrogens is 231 g/mol. The number of halogens is 1. The highest BCUT2D eigenvalue weighted by atomic mass is 19.1. The topological polar surface area (TPSA) is 38.5 Å². The molecule has 4 heteroatoms. The van der Waals surface area contributed by atoms with Crippen LogP contribution in [0.2, 0.25) is 0 Å². The average Bonchev–Trinajstić information content (AvgIpc) is 2.42. The maximum absolute atomic E-state index is 13.9. The Balaban J connectivity index is 2.24. The van der Waals surface area contributed by atoms with Gasteiger partial charge in [-0.25, -0.2) is 4.39 Å². The van der Waals surface area contributed by atoms with Crippen LogP contribution in [-0.2, 0) is 4.74 Å². The van der Waals surface area contributed by atoms with Crippen LogP contribution < -0.4 is 5.73 Å². The van der Waals surface area contributed by atoms with Crippen LogP contribution in [0.5, 0.6) is 0 Å². The van der Waals surface area contributed by atoms with E-state index >= 15 is 0 Å². The van der Waals surface area contributed by atoms with Gasteiger partial charge in [0.2, 0.25) is 0 Å². The Morgan fingerprint density at radius 3 is 2.94 bits per heavy atom. The van der Waals surface area contributed by atoms with E-state index in [-0.39, 0.29) is 11.9 Å². The van der Waals surface area contributed by atoms with Crippen molar-refractivity contribution in [3.63, 3.8) is 0 Å². The number of nitrogens with zero attached hydrogens (tertiary/aromatic N) is 1. The van der Waals surface area contributed by atoms with Crippen molar-refractivity contribution in [2.45, 2.75) is 25.4 Å². The SMILES string of the molecule is CCC1COCCN1C(CN)c1ccccc1F. The summed E-state index contributed by atoms with van der Waals surface area (Å²) in [6.07, 6.45) is 0.991. The van der Waals surface area contributed by atoms with Crippen LogP contribution in [0.15, 0.2) is 24.3 Å². The van der Waals surface area contributed by atoms with Gasteiger partial charge in [-0.2, -0.15) is 0 Å². The molecule has 100 valence electrons. The highest BCUT2D eigenvalue weighted by molar-refractivity contribution is 5.22. The predicted octanol–water partition coefficient (Wildman–Crippen LogP) is 1.94. The van der Waals surface area contributed by atoms with Crippen molar-refractivity contribution in [2.24, 2.45) is 5.73 Å². The average molecular weight is 252 g/mol. The first-order valence-electron chi connectivity index (χ1n) is 6.56. The van der Waals surface area contributed by atoms with Gasteiger partial charge >= 0.3 is 0 Å². The fraction of sp³-hybridized carbons (Fsp3) is 0.571. The van der Waals surface area contributed by atoms with Crippen LogP contribution in [0.3, 0.4) is 0 Å². The summed E-state index contributed by atoms with van der Waals surface area (Å²) in [5.41, 5.74) is 6.57. The molecule has 1 aromatic rings. The Morgan fingerprint density at radius 1 is 1.50 bits per heavy atom. The van der Waals surface area contributed by atoms with Gasteiger partial charge in [0.15, 0.2) is 0 Å². The lowest BCUT2D eigenvalue weighted by Crippen LogP contribution is -2.49. The molecular formula is C14H21FN2O. The third-order valence-corrected chi connectivity index (χ3v) is 3.63. The number of nitrogens with two attached hydrogens (primary N) is 1. The molecule has 2 unspecified atom stereocenters. The Bertz CT molecular complexity index is 386. The van der Waals surface area contributed by atoms with Gasteiger partial charge in [-0.15, -0.1) is 0 Å². The molecule has 2 rings (SSSR count). The van der Waals surface area contributed by atoms with Crippen molar-refractivity contribution in [1.82, 2.24) is 4.90 Å². The van der Waals surface area contributed by atoms with Crippen molar-refractivity contribution in [2.75, 3.05) is 26.3 Å². The first-order chi connectivity index (χ1) is 8.77. The van der Waals surface area contributed by atoms with Crippen LogP contribution in [0.4, 0.5) is 4.39 Å². The molecule has 0 amide bonds. The lowest BCUT2D eigenvalue weighted by molar-refractivity contribution is -0.0297. The summed E-state index contributed by atoms with van der Waals surface area (Å²) in [4.78, 5) is 2.28. The summed E-state index contributed by atoms with van der Waals surface area (Å²) in [7, 11) is 0. The largest absolute Gasteiger partial charge is 0.378 e. The summed E-state index contributed by atoms with van der Waals surface area (Å²) >= 11 is 0. The third kappa shape index (κ3) is 2.71. The molecule has 1 saturated heterocycles. The first kappa shape index (κ1) is 13.5. The van der Waals surface area contributed by atoms with E-state index in [0.717, 1.165) is 13.0 Å². The van der Waals surface area contributed by atoms with Gasteiger partial charge in [0.25, 0.3) is 0 Å². The summed E-state index contributed by atoms with van der Waals surface area (Å²) in [5, 5.41) is 0. The fourth-order valence-corrected chi connectivity index (χ4v) is 2.62. The minimum atomic E-state index is -0.172. The quantitative estimate of drug-likeness (QED) is 0.890. The van der Waals surface area contributed by atoms with E-state index in [1.807, 2.05) is 12.1 Å². The van der Waals surface area contributed by atoms with Crippen LogP contribution in [0.1, 0.15) is 24.9 Å². The molecule has 2 atom stereocenters. The van der Waals surface area contributed by atoms with Gasteiger partial charge in [-0.1, -0.05) is 25.1 Å². The van der Waals surface area contributed by atoms with Crippen molar-refractivity contribution < 1.29 is 9.13 Å². The normalized spacial score (nSPS) is 22.9. The van der Waals surface area contributed by atoms with E-state index < -0.39 is 0 Å². The third-order valence-electron chi connectivity index (χ3n) is 3.63. The number of benzene rings is 1. The van der Waals surface area contributed by atoms with E-state index in [9.17, 15) is 4.39 Å². The molecule has 1 fully saturated rings. The van der Waals surface area contributed by atoms with Crippen LogP contribution in [0, 0.1) is 5.82 Å². The molecule has 3 nitrogen and oxygen atoms in total. The standard InChI is InChI=1S/C14H21FN2O/c1-2-11-10-18-8-7-17(11)14(9-16)12-5-3-4-6-13(12)15/h3-6,11,14H,2,7-10,16H2,1H3. The molecule has 1 aliphatic rings. The highest BCUT2D eigenvalue weighted by Crippen LogP contribution is 2.26. The number of hydrogen-bond donors (Lipinski definition) is 1. The monoisotopic (exact) mass is 252 g/mol. The molecule has 0 saturated carbocycles. The first-order valence-corrected chi connectivity index (χ1v) is 6.56. The van der Waals surface area contributed by atoms with Crippen LogP contribution in [-0.4, -0.2) is 37.2 Å². The minimum absolute atomic E-state index is 0.0555. The van der Waals surface area contributed by atoms with E-state index in [0.29, 0.717) is 31.4 Å². The van der Waals surface area contributed by atoms with E-state index in [1.165, 1.54) is 6.07 Å². The molecule has 0 bridgehead atoms. The lowest BCUT2D eigenvalue weighted by Gasteiger charge is -2.40. The lowest BCUT2D eigenvalue weighted by atomic mass is 10.0. The summed E-state index contributed by atoms with van der Waals surface area (Å²) < 4.78 is 19.4. The molecule has 1 aromatic carbocycles. The van der Waals surface area contributed by atoms with E-state index in [1.54, 1.807) is 6.07 Å². The molecule has 1 heterocycles. The summed E-state index contributed by atoms with van der Waals surface area (Å²) in [6.45, 7) is 4.77.